The lowest BCUT2D eigenvalue weighted by Gasteiger charge is -2.07. The van der Waals surface area contributed by atoms with Gasteiger partial charge in [0, 0.05) is 23.4 Å². The molecule has 0 heterocycles. The summed E-state index contributed by atoms with van der Waals surface area (Å²) >= 11 is 0. The summed E-state index contributed by atoms with van der Waals surface area (Å²) in [7, 11) is 0. The van der Waals surface area contributed by atoms with Crippen molar-refractivity contribution in [2.45, 2.75) is 6.92 Å². The summed E-state index contributed by atoms with van der Waals surface area (Å²) in [6.45, 7) is 1.74. The van der Waals surface area contributed by atoms with E-state index in [-0.39, 0.29) is 5.56 Å². The van der Waals surface area contributed by atoms with Crippen LogP contribution in [0.4, 0.5) is 18.9 Å². The predicted octanol–water partition coefficient (Wildman–Crippen LogP) is 3.23. The van der Waals surface area contributed by atoms with E-state index in [1.165, 1.54) is 12.1 Å². The molecular formula is C14H10F3NO. The molecule has 0 saturated carbocycles. The van der Waals surface area contributed by atoms with Gasteiger partial charge in [-0.2, -0.15) is 0 Å². The van der Waals surface area contributed by atoms with Gasteiger partial charge in [0.05, 0.1) is 5.56 Å². The summed E-state index contributed by atoms with van der Waals surface area (Å²) in [5, 5.41) is 0. The number of nitrogen functional groups attached to an aromatic ring is 1. The first-order valence-corrected chi connectivity index (χ1v) is 5.45. The Balaban J connectivity index is 2.53. The topological polar surface area (TPSA) is 43.1 Å². The van der Waals surface area contributed by atoms with Gasteiger partial charge in [-0.15, -0.1) is 0 Å². The van der Waals surface area contributed by atoms with Crippen molar-refractivity contribution in [1.29, 1.82) is 0 Å². The smallest absolute Gasteiger partial charge is 0.199 e. The Kier molecular flexibility index (Phi) is 3.29. The molecule has 2 aromatic rings. The van der Waals surface area contributed by atoms with Crippen molar-refractivity contribution < 1.29 is 18.0 Å². The van der Waals surface area contributed by atoms with Gasteiger partial charge in [-0.1, -0.05) is 12.1 Å². The van der Waals surface area contributed by atoms with E-state index in [1.807, 2.05) is 0 Å². The quantitative estimate of drug-likeness (QED) is 0.669. The molecule has 0 aliphatic rings. The summed E-state index contributed by atoms with van der Waals surface area (Å²) in [5.41, 5.74) is 5.99. The van der Waals surface area contributed by atoms with Crippen molar-refractivity contribution in [2.75, 3.05) is 5.73 Å². The first kappa shape index (κ1) is 13.1. The van der Waals surface area contributed by atoms with Crippen LogP contribution in [-0.2, 0) is 0 Å². The van der Waals surface area contributed by atoms with E-state index in [4.69, 9.17) is 5.73 Å². The van der Waals surface area contributed by atoms with Gasteiger partial charge in [-0.25, -0.2) is 13.2 Å². The summed E-state index contributed by atoms with van der Waals surface area (Å²) in [6.07, 6.45) is 0. The second kappa shape index (κ2) is 4.76. The van der Waals surface area contributed by atoms with Gasteiger partial charge in [0.2, 0.25) is 0 Å². The van der Waals surface area contributed by atoms with Crippen LogP contribution in [0.2, 0.25) is 0 Å². The molecule has 5 heteroatoms. The standard InChI is InChI=1S/C14H10F3NO/c1-7-2-3-8(4-12(7)18)14(19)13-10(16)5-9(15)6-11(13)17/h2-6H,18H2,1H3. The second-order valence-electron chi connectivity index (χ2n) is 4.14. The third-order valence-corrected chi connectivity index (χ3v) is 2.78. The third-order valence-electron chi connectivity index (χ3n) is 2.78. The van der Waals surface area contributed by atoms with E-state index in [2.05, 4.69) is 0 Å². The molecule has 0 radical (unpaired) electrons. The van der Waals surface area contributed by atoms with Crippen LogP contribution >= 0.6 is 0 Å². The van der Waals surface area contributed by atoms with Gasteiger partial charge in [0.25, 0.3) is 0 Å². The van der Waals surface area contributed by atoms with Crippen LogP contribution < -0.4 is 5.73 Å². The molecule has 0 atom stereocenters. The van der Waals surface area contributed by atoms with Gasteiger partial charge in [0.1, 0.15) is 17.5 Å². The Bertz CT molecular complexity index is 645. The lowest BCUT2D eigenvalue weighted by molar-refractivity contribution is 0.103. The minimum Gasteiger partial charge on any atom is -0.398 e. The minimum absolute atomic E-state index is 0.0486. The Labute approximate surface area is 107 Å². The maximum absolute atomic E-state index is 13.5. The molecule has 2 nitrogen and oxygen atoms in total. The number of benzene rings is 2. The maximum atomic E-state index is 13.5. The van der Waals surface area contributed by atoms with Gasteiger partial charge >= 0.3 is 0 Å². The van der Waals surface area contributed by atoms with E-state index in [9.17, 15) is 18.0 Å². The number of halogens is 3. The van der Waals surface area contributed by atoms with E-state index < -0.39 is 28.8 Å². The Morgan fingerprint density at radius 1 is 1.05 bits per heavy atom. The van der Waals surface area contributed by atoms with Crippen LogP contribution in [0.5, 0.6) is 0 Å². The fourth-order valence-corrected chi connectivity index (χ4v) is 1.69. The minimum atomic E-state index is -1.23. The lowest BCUT2D eigenvalue weighted by atomic mass is 10.0. The van der Waals surface area contributed by atoms with Gasteiger partial charge in [-0.3, -0.25) is 4.79 Å². The lowest BCUT2D eigenvalue weighted by Crippen LogP contribution is -2.09. The summed E-state index contributed by atoms with van der Waals surface area (Å²) in [5.74, 6) is -4.42. The number of rotatable bonds is 2. The molecule has 0 aliphatic carbocycles. The highest BCUT2D eigenvalue weighted by atomic mass is 19.1. The zero-order valence-electron chi connectivity index (χ0n) is 10.0. The monoisotopic (exact) mass is 265 g/mol. The average molecular weight is 265 g/mol. The number of aryl methyl sites for hydroxylation is 1. The van der Waals surface area contributed by atoms with E-state index in [0.717, 1.165) is 5.56 Å². The highest BCUT2D eigenvalue weighted by molar-refractivity contribution is 6.09. The fourth-order valence-electron chi connectivity index (χ4n) is 1.69. The maximum Gasteiger partial charge on any atom is 0.199 e. The molecule has 0 fully saturated rings. The molecule has 98 valence electrons. The highest BCUT2D eigenvalue weighted by Crippen LogP contribution is 2.21. The first-order chi connectivity index (χ1) is 8.90. The summed E-state index contributed by atoms with van der Waals surface area (Å²) in [4.78, 5) is 12.0. The molecule has 0 aliphatic heterocycles. The summed E-state index contributed by atoms with van der Waals surface area (Å²) in [6, 6.07) is 5.25. The van der Waals surface area contributed by atoms with Gasteiger partial charge in [-0.05, 0) is 18.6 Å². The van der Waals surface area contributed by atoms with E-state index >= 15 is 0 Å². The molecule has 2 aromatic carbocycles. The first-order valence-electron chi connectivity index (χ1n) is 5.45. The van der Waals surface area contributed by atoms with Crippen molar-refractivity contribution in [1.82, 2.24) is 0 Å². The van der Waals surface area contributed by atoms with Crippen molar-refractivity contribution in [3.05, 3.63) is 64.5 Å². The van der Waals surface area contributed by atoms with Crippen molar-refractivity contribution in [3.63, 3.8) is 0 Å². The SMILES string of the molecule is Cc1ccc(C(=O)c2c(F)cc(F)cc2F)cc1N. The van der Waals surface area contributed by atoms with E-state index in [1.54, 1.807) is 13.0 Å². The second-order valence-corrected chi connectivity index (χ2v) is 4.14. The number of carbonyl (C=O) groups excluding carboxylic acids is 1. The zero-order chi connectivity index (χ0) is 14.2. The highest BCUT2D eigenvalue weighted by Gasteiger charge is 2.20. The molecular weight excluding hydrogens is 255 g/mol. The Hall–Kier alpha value is -2.30. The number of ketones is 1. The van der Waals surface area contributed by atoms with Crippen molar-refractivity contribution in [2.24, 2.45) is 0 Å². The number of nitrogens with two attached hydrogens (primary N) is 1. The summed E-state index contributed by atoms with van der Waals surface area (Å²) < 4.78 is 39.8. The van der Waals surface area contributed by atoms with Crippen molar-refractivity contribution >= 4 is 11.5 Å². The van der Waals surface area contributed by atoms with Crippen LogP contribution in [-0.4, -0.2) is 5.78 Å². The predicted molar refractivity (Wildman–Crippen MR) is 65.3 cm³/mol. The van der Waals surface area contributed by atoms with Crippen LogP contribution in [0.1, 0.15) is 21.5 Å². The molecule has 0 spiro atoms. The molecule has 0 aromatic heterocycles. The van der Waals surface area contributed by atoms with E-state index in [0.29, 0.717) is 17.8 Å². The van der Waals surface area contributed by atoms with Gasteiger partial charge < -0.3 is 5.73 Å². The molecule has 0 amide bonds. The fraction of sp³-hybridized carbons (Fsp3) is 0.0714. The molecule has 19 heavy (non-hydrogen) atoms. The number of hydrogen-bond donors (Lipinski definition) is 1. The van der Waals surface area contributed by atoms with Gasteiger partial charge in [0.15, 0.2) is 5.78 Å². The normalized spacial score (nSPS) is 10.5. The number of anilines is 1. The van der Waals surface area contributed by atoms with Crippen LogP contribution in [0, 0.1) is 24.4 Å². The molecule has 0 saturated heterocycles. The van der Waals surface area contributed by atoms with Crippen molar-refractivity contribution in [3.8, 4) is 0 Å². The Morgan fingerprint density at radius 2 is 1.63 bits per heavy atom. The molecule has 0 bridgehead atoms. The molecule has 2 rings (SSSR count). The third kappa shape index (κ3) is 2.45. The zero-order valence-corrected chi connectivity index (χ0v) is 10.0. The Morgan fingerprint density at radius 3 is 2.16 bits per heavy atom. The molecule has 0 unspecified atom stereocenters. The number of carbonyl (C=O) groups is 1. The average Bonchev–Trinajstić information content (AvgIpc) is 2.31. The van der Waals surface area contributed by atoms with Crippen LogP contribution in [0.25, 0.3) is 0 Å². The van der Waals surface area contributed by atoms with Crippen LogP contribution in [0.3, 0.4) is 0 Å². The molecule has 2 N–H and O–H groups in total. The number of hydrogen-bond acceptors (Lipinski definition) is 2. The largest absolute Gasteiger partial charge is 0.398 e. The van der Waals surface area contributed by atoms with Crippen LogP contribution in [0.15, 0.2) is 30.3 Å².